The molecule has 1 aliphatic rings. The van der Waals surface area contributed by atoms with Gasteiger partial charge < -0.3 is 9.84 Å². The van der Waals surface area contributed by atoms with Gasteiger partial charge in [0.1, 0.15) is 0 Å². The molecule has 0 radical (unpaired) electrons. The highest BCUT2D eigenvalue weighted by molar-refractivity contribution is 4.75. The first-order valence-electron chi connectivity index (χ1n) is 5.72. The second-order valence-electron chi connectivity index (χ2n) is 4.04. The maximum Gasteiger partial charge on any atom is 0.0589 e. The van der Waals surface area contributed by atoms with Gasteiger partial charge in [0.2, 0.25) is 0 Å². The van der Waals surface area contributed by atoms with Gasteiger partial charge in [0.25, 0.3) is 0 Å². The van der Waals surface area contributed by atoms with Crippen LogP contribution in [-0.4, -0.2) is 49.5 Å². The van der Waals surface area contributed by atoms with Crippen LogP contribution < -0.4 is 0 Å². The molecule has 3 nitrogen and oxygen atoms in total. The number of methoxy groups -OCH3 is 1. The number of nitrogens with zero attached hydrogens (tertiary/aromatic N) is 1. The van der Waals surface area contributed by atoms with Gasteiger partial charge in [-0.25, -0.2) is 0 Å². The summed E-state index contributed by atoms with van der Waals surface area (Å²) >= 11 is 0. The lowest BCUT2D eigenvalue weighted by molar-refractivity contribution is 0.0855. The highest BCUT2D eigenvalue weighted by atomic mass is 16.5. The zero-order chi connectivity index (χ0) is 10.2. The smallest absolute Gasteiger partial charge is 0.0589 e. The average molecular weight is 201 g/mol. The van der Waals surface area contributed by atoms with Gasteiger partial charge in [-0.05, 0) is 12.8 Å². The van der Waals surface area contributed by atoms with Crippen LogP contribution >= 0.6 is 0 Å². The van der Waals surface area contributed by atoms with Gasteiger partial charge in [0.05, 0.1) is 13.2 Å². The standard InChI is InChI=1S/C11H23NO2/c1-14-10-8-12(7-9-13)11-5-3-2-4-6-11/h11,13H,2-10H2,1H3. The average Bonchev–Trinajstić information content (AvgIpc) is 2.25. The van der Waals surface area contributed by atoms with E-state index in [0.717, 1.165) is 19.7 Å². The first kappa shape index (κ1) is 12.0. The fourth-order valence-electron chi connectivity index (χ4n) is 2.26. The fourth-order valence-corrected chi connectivity index (χ4v) is 2.26. The van der Waals surface area contributed by atoms with E-state index in [4.69, 9.17) is 9.84 Å². The third-order valence-corrected chi connectivity index (χ3v) is 3.06. The molecule has 1 rings (SSSR count). The third kappa shape index (κ3) is 3.95. The Kier molecular flexibility index (Phi) is 6.15. The van der Waals surface area contributed by atoms with Crippen molar-refractivity contribution in [2.75, 3.05) is 33.4 Å². The molecule has 1 saturated carbocycles. The van der Waals surface area contributed by atoms with Crippen LogP contribution in [0, 0.1) is 0 Å². The zero-order valence-electron chi connectivity index (χ0n) is 9.24. The van der Waals surface area contributed by atoms with E-state index < -0.39 is 0 Å². The van der Waals surface area contributed by atoms with E-state index in [0.29, 0.717) is 6.04 Å². The highest BCUT2D eigenvalue weighted by Gasteiger charge is 2.19. The maximum atomic E-state index is 8.98. The summed E-state index contributed by atoms with van der Waals surface area (Å²) in [6.07, 6.45) is 6.67. The molecule has 0 aliphatic heterocycles. The first-order chi connectivity index (χ1) is 6.88. The SMILES string of the molecule is COCCN(CCO)C1CCCCC1. The lowest BCUT2D eigenvalue weighted by atomic mass is 9.94. The Morgan fingerprint density at radius 2 is 1.93 bits per heavy atom. The second-order valence-corrected chi connectivity index (χ2v) is 4.04. The number of rotatable bonds is 6. The number of ether oxygens (including phenoxy) is 1. The molecule has 84 valence electrons. The van der Waals surface area contributed by atoms with Gasteiger partial charge in [0, 0.05) is 26.2 Å². The molecule has 0 bridgehead atoms. The third-order valence-electron chi connectivity index (χ3n) is 3.06. The van der Waals surface area contributed by atoms with Gasteiger partial charge in [-0.3, -0.25) is 4.90 Å². The molecule has 0 amide bonds. The number of aliphatic hydroxyl groups is 1. The Bertz CT molecular complexity index is 135. The summed E-state index contributed by atoms with van der Waals surface area (Å²) in [7, 11) is 1.73. The van der Waals surface area contributed by atoms with E-state index in [1.54, 1.807) is 7.11 Å². The summed E-state index contributed by atoms with van der Waals surface area (Å²) in [6, 6.07) is 0.686. The van der Waals surface area contributed by atoms with Crippen molar-refractivity contribution < 1.29 is 9.84 Å². The molecule has 0 aromatic carbocycles. The summed E-state index contributed by atoms with van der Waals surface area (Å²) in [5.41, 5.74) is 0. The number of hydrogen-bond acceptors (Lipinski definition) is 3. The van der Waals surface area contributed by atoms with E-state index in [-0.39, 0.29) is 6.61 Å². The molecule has 0 aromatic heterocycles. The van der Waals surface area contributed by atoms with Gasteiger partial charge in [-0.2, -0.15) is 0 Å². The van der Waals surface area contributed by atoms with Crippen LogP contribution in [0.3, 0.4) is 0 Å². The molecular weight excluding hydrogens is 178 g/mol. The van der Waals surface area contributed by atoms with E-state index >= 15 is 0 Å². The number of aliphatic hydroxyl groups excluding tert-OH is 1. The molecule has 0 saturated heterocycles. The maximum absolute atomic E-state index is 8.98. The first-order valence-corrected chi connectivity index (χ1v) is 5.72. The molecule has 1 N–H and O–H groups in total. The lowest BCUT2D eigenvalue weighted by Crippen LogP contribution is -2.40. The molecule has 0 unspecified atom stereocenters. The Morgan fingerprint density at radius 1 is 1.21 bits per heavy atom. The monoisotopic (exact) mass is 201 g/mol. The summed E-state index contributed by atoms with van der Waals surface area (Å²) in [4.78, 5) is 2.38. The van der Waals surface area contributed by atoms with Crippen LogP contribution in [0.5, 0.6) is 0 Å². The van der Waals surface area contributed by atoms with Crippen molar-refractivity contribution in [1.82, 2.24) is 4.90 Å². The quantitative estimate of drug-likeness (QED) is 0.702. The van der Waals surface area contributed by atoms with E-state index in [1.165, 1.54) is 32.1 Å². The van der Waals surface area contributed by atoms with Crippen LogP contribution in [0.1, 0.15) is 32.1 Å². The Hall–Kier alpha value is -0.120. The minimum absolute atomic E-state index is 0.264. The van der Waals surface area contributed by atoms with Crippen LogP contribution in [0.2, 0.25) is 0 Å². The van der Waals surface area contributed by atoms with Gasteiger partial charge in [-0.15, -0.1) is 0 Å². The van der Waals surface area contributed by atoms with Gasteiger partial charge in [0.15, 0.2) is 0 Å². The second kappa shape index (κ2) is 7.21. The van der Waals surface area contributed by atoms with E-state index in [1.807, 2.05) is 0 Å². The Labute approximate surface area is 87.1 Å². The van der Waals surface area contributed by atoms with Crippen LogP contribution in [-0.2, 0) is 4.74 Å². The van der Waals surface area contributed by atoms with Gasteiger partial charge >= 0.3 is 0 Å². The highest BCUT2D eigenvalue weighted by Crippen LogP contribution is 2.22. The number of hydrogen-bond donors (Lipinski definition) is 1. The summed E-state index contributed by atoms with van der Waals surface area (Å²) in [5.74, 6) is 0. The Morgan fingerprint density at radius 3 is 2.50 bits per heavy atom. The largest absolute Gasteiger partial charge is 0.395 e. The summed E-state index contributed by atoms with van der Waals surface area (Å²) < 4.78 is 5.09. The molecular formula is C11H23NO2. The minimum atomic E-state index is 0.264. The van der Waals surface area contributed by atoms with E-state index in [2.05, 4.69) is 4.90 Å². The molecule has 1 fully saturated rings. The Balaban J connectivity index is 2.30. The minimum Gasteiger partial charge on any atom is -0.395 e. The molecule has 0 heterocycles. The zero-order valence-corrected chi connectivity index (χ0v) is 9.24. The molecule has 0 aromatic rings. The van der Waals surface area contributed by atoms with Crippen molar-refractivity contribution in [3.05, 3.63) is 0 Å². The summed E-state index contributed by atoms with van der Waals surface area (Å²) in [5, 5.41) is 8.98. The molecule has 14 heavy (non-hydrogen) atoms. The van der Waals surface area contributed by atoms with Crippen molar-refractivity contribution in [2.45, 2.75) is 38.1 Å². The normalized spacial score (nSPS) is 19.1. The van der Waals surface area contributed by atoms with Crippen LogP contribution in [0.25, 0.3) is 0 Å². The molecule has 0 spiro atoms. The molecule has 1 aliphatic carbocycles. The summed E-state index contributed by atoms with van der Waals surface area (Å²) in [6.45, 7) is 2.80. The predicted molar refractivity (Wildman–Crippen MR) is 57.4 cm³/mol. The van der Waals surface area contributed by atoms with Crippen molar-refractivity contribution >= 4 is 0 Å². The van der Waals surface area contributed by atoms with Crippen molar-refractivity contribution in [2.24, 2.45) is 0 Å². The van der Waals surface area contributed by atoms with E-state index in [9.17, 15) is 0 Å². The fraction of sp³-hybridized carbons (Fsp3) is 1.00. The van der Waals surface area contributed by atoms with Crippen molar-refractivity contribution in [1.29, 1.82) is 0 Å². The van der Waals surface area contributed by atoms with Crippen molar-refractivity contribution in [3.8, 4) is 0 Å². The van der Waals surface area contributed by atoms with Gasteiger partial charge in [-0.1, -0.05) is 19.3 Å². The lowest BCUT2D eigenvalue weighted by Gasteiger charge is -2.33. The van der Waals surface area contributed by atoms with Crippen LogP contribution in [0.4, 0.5) is 0 Å². The predicted octanol–water partition coefficient (Wildman–Crippen LogP) is 1.26. The van der Waals surface area contributed by atoms with Crippen molar-refractivity contribution in [3.63, 3.8) is 0 Å². The van der Waals surface area contributed by atoms with Crippen LogP contribution in [0.15, 0.2) is 0 Å². The topological polar surface area (TPSA) is 32.7 Å². The molecule has 3 heteroatoms. The molecule has 0 atom stereocenters.